The molecule has 1 aliphatic rings. The number of esters is 1. The van der Waals surface area contributed by atoms with Crippen LogP contribution >= 0.6 is 0 Å². The molecule has 0 spiro atoms. The monoisotopic (exact) mass is 319 g/mol. The fourth-order valence-electron chi connectivity index (χ4n) is 2.90. The average Bonchev–Trinajstić information content (AvgIpc) is 2.44. The molecule has 5 nitrogen and oxygen atoms in total. The molecule has 1 aromatic rings. The average molecular weight is 319 g/mol. The summed E-state index contributed by atoms with van der Waals surface area (Å²) in [7, 11) is 1.36. The van der Waals surface area contributed by atoms with E-state index in [1.807, 2.05) is 46.8 Å². The second-order valence-electron chi connectivity index (χ2n) is 7.30. The standard InChI is InChI=1S/C18H25NO4/c1-17(2,3)23-16(21)19-10-9-12-7-8-13(15(20)22-6)11-14(12)18(19,4)5/h7-8,11H,9-10H2,1-6H3. The Balaban J connectivity index is 2.38. The highest BCUT2D eigenvalue weighted by molar-refractivity contribution is 5.89. The fourth-order valence-corrected chi connectivity index (χ4v) is 2.90. The number of benzene rings is 1. The zero-order valence-electron chi connectivity index (χ0n) is 14.7. The number of nitrogens with zero attached hydrogens (tertiary/aromatic N) is 1. The second-order valence-corrected chi connectivity index (χ2v) is 7.30. The Morgan fingerprint density at radius 1 is 1.22 bits per heavy atom. The van der Waals surface area contributed by atoms with E-state index >= 15 is 0 Å². The molecule has 0 unspecified atom stereocenters. The maximum atomic E-state index is 12.5. The van der Waals surface area contributed by atoms with E-state index in [1.54, 1.807) is 11.0 Å². The van der Waals surface area contributed by atoms with Crippen LogP contribution < -0.4 is 0 Å². The molecular formula is C18H25NO4. The van der Waals surface area contributed by atoms with Crippen LogP contribution in [-0.2, 0) is 21.4 Å². The van der Waals surface area contributed by atoms with E-state index in [0.717, 1.165) is 17.5 Å². The SMILES string of the molecule is COC(=O)c1ccc2c(c1)C(C)(C)N(C(=O)OC(C)(C)C)CC2. The Kier molecular flexibility index (Phi) is 4.42. The molecule has 0 fully saturated rings. The van der Waals surface area contributed by atoms with E-state index in [-0.39, 0.29) is 12.1 Å². The Morgan fingerprint density at radius 2 is 1.87 bits per heavy atom. The molecule has 23 heavy (non-hydrogen) atoms. The predicted octanol–water partition coefficient (Wildman–Crippen LogP) is 3.50. The molecule has 0 saturated heterocycles. The van der Waals surface area contributed by atoms with E-state index in [9.17, 15) is 9.59 Å². The zero-order valence-corrected chi connectivity index (χ0v) is 14.7. The normalized spacial score (nSPS) is 16.5. The van der Waals surface area contributed by atoms with Gasteiger partial charge in [0.15, 0.2) is 0 Å². The second kappa shape index (κ2) is 5.87. The summed E-state index contributed by atoms with van der Waals surface area (Å²) in [6.07, 6.45) is 0.399. The third kappa shape index (κ3) is 3.49. The molecule has 5 heteroatoms. The molecule has 0 saturated carbocycles. The third-order valence-corrected chi connectivity index (χ3v) is 4.08. The fraction of sp³-hybridized carbons (Fsp3) is 0.556. The number of hydrogen-bond acceptors (Lipinski definition) is 4. The summed E-state index contributed by atoms with van der Waals surface area (Å²) in [5.41, 5.74) is 1.49. The molecule has 0 radical (unpaired) electrons. The van der Waals surface area contributed by atoms with Gasteiger partial charge < -0.3 is 9.47 Å². The van der Waals surface area contributed by atoms with Crippen molar-refractivity contribution in [3.05, 3.63) is 34.9 Å². The van der Waals surface area contributed by atoms with Crippen LogP contribution in [0.3, 0.4) is 0 Å². The number of ether oxygens (including phenoxy) is 2. The largest absolute Gasteiger partial charge is 0.465 e. The molecule has 1 amide bonds. The van der Waals surface area contributed by atoms with Crippen molar-refractivity contribution in [2.24, 2.45) is 0 Å². The first-order valence-corrected chi connectivity index (χ1v) is 7.78. The van der Waals surface area contributed by atoms with Gasteiger partial charge >= 0.3 is 12.1 Å². The van der Waals surface area contributed by atoms with Crippen LogP contribution in [0, 0.1) is 0 Å². The van der Waals surface area contributed by atoms with Crippen LogP contribution in [0.5, 0.6) is 0 Å². The maximum absolute atomic E-state index is 12.5. The first-order chi connectivity index (χ1) is 10.6. The van der Waals surface area contributed by atoms with Crippen LogP contribution in [0.25, 0.3) is 0 Å². The van der Waals surface area contributed by atoms with Crippen molar-refractivity contribution in [2.75, 3.05) is 13.7 Å². The lowest BCUT2D eigenvalue weighted by atomic mass is 9.82. The van der Waals surface area contributed by atoms with Crippen molar-refractivity contribution >= 4 is 12.1 Å². The number of rotatable bonds is 1. The molecule has 1 aromatic carbocycles. The molecule has 0 aliphatic carbocycles. The van der Waals surface area contributed by atoms with Crippen molar-refractivity contribution in [2.45, 2.75) is 52.2 Å². The highest BCUT2D eigenvalue weighted by Gasteiger charge is 2.39. The topological polar surface area (TPSA) is 55.8 Å². The van der Waals surface area contributed by atoms with E-state index in [0.29, 0.717) is 12.1 Å². The molecule has 0 N–H and O–H groups in total. The minimum Gasteiger partial charge on any atom is -0.465 e. The molecule has 0 bridgehead atoms. The molecule has 0 aromatic heterocycles. The van der Waals surface area contributed by atoms with Gasteiger partial charge in [-0.3, -0.25) is 4.90 Å². The minimum absolute atomic E-state index is 0.336. The van der Waals surface area contributed by atoms with E-state index in [4.69, 9.17) is 9.47 Å². The lowest BCUT2D eigenvalue weighted by molar-refractivity contribution is -0.000312. The van der Waals surface area contributed by atoms with Gasteiger partial charge in [-0.2, -0.15) is 0 Å². The quantitative estimate of drug-likeness (QED) is 0.743. The lowest BCUT2D eigenvalue weighted by Gasteiger charge is -2.44. The van der Waals surface area contributed by atoms with E-state index in [2.05, 4.69) is 0 Å². The third-order valence-electron chi connectivity index (χ3n) is 4.08. The van der Waals surface area contributed by atoms with Gasteiger partial charge in [-0.05, 0) is 64.3 Å². The Hall–Kier alpha value is -2.04. The summed E-state index contributed by atoms with van der Waals surface area (Å²) in [6, 6.07) is 5.53. The van der Waals surface area contributed by atoms with Gasteiger partial charge in [0.25, 0.3) is 0 Å². The van der Waals surface area contributed by atoms with Gasteiger partial charge in [0.05, 0.1) is 18.2 Å². The van der Waals surface area contributed by atoms with Crippen LogP contribution in [0.15, 0.2) is 18.2 Å². The summed E-state index contributed by atoms with van der Waals surface area (Å²) < 4.78 is 10.3. The smallest absolute Gasteiger partial charge is 0.411 e. The van der Waals surface area contributed by atoms with Crippen molar-refractivity contribution < 1.29 is 19.1 Å². The predicted molar refractivity (Wildman–Crippen MR) is 87.5 cm³/mol. The molecule has 1 heterocycles. The number of hydrogen-bond donors (Lipinski definition) is 0. The molecule has 2 rings (SSSR count). The molecule has 1 aliphatic heterocycles. The van der Waals surface area contributed by atoms with Crippen molar-refractivity contribution in [3.8, 4) is 0 Å². The summed E-state index contributed by atoms with van der Waals surface area (Å²) in [5.74, 6) is -0.377. The van der Waals surface area contributed by atoms with Crippen LogP contribution in [-0.4, -0.2) is 36.2 Å². The number of fused-ring (bicyclic) bond motifs is 1. The van der Waals surface area contributed by atoms with Crippen LogP contribution in [0.4, 0.5) is 4.79 Å². The van der Waals surface area contributed by atoms with Crippen molar-refractivity contribution in [1.82, 2.24) is 4.90 Å². The summed E-state index contributed by atoms with van der Waals surface area (Å²) in [6.45, 7) is 10.1. The van der Waals surface area contributed by atoms with Gasteiger partial charge in [0.2, 0.25) is 0 Å². The summed E-state index contributed by atoms with van der Waals surface area (Å²) in [4.78, 5) is 26.0. The number of methoxy groups -OCH3 is 1. The number of carbonyl (C=O) groups is 2. The zero-order chi connectivity index (χ0) is 17.4. The Labute approximate surface area is 137 Å². The van der Waals surface area contributed by atoms with E-state index in [1.165, 1.54) is 7.11 Å². The molecular weight excluding hydrogens is 294 g/mol. The van der Waals surface area contributed by atoms with Gasteiger partial charge in [-0.25, -0.2) is 9.59 Å². The Bertz CT molecular complexity index is 628. The highest BCUT2D eigenvalue weighted by atomic mass is 16.6. The van der Waals surface area contributed by atoms with Crippen molar-refractivity contribution in [1.29, 1.82) is 0 Å². The number of carbonyl (C=O) groups excluding carboxylic acids is 2. The lowest BCUT2D eigenvalue weighted by Crippen LogP contribution is -2.51. The van der Waals surface area contributed by atoms with Crippen LogP contribution in [0.2, 0.25) is 0 Å². The van der Waals surface area contributed by atoms with Gasteiger partial charge in [0, 0.05) is 6.54 Å². The molecule has 126 valence electrons. The van der Waals surface area contributed by atoms with Gasteiger partial charge in [0.1, 0.15) is 5.60 Å². The summed E-state index contributed by atoms with van der Waals surface area (Å²) >= 11 is 0. The van der Waals surface area contributed by atoms with Gasteiger partial charge in [-0.15, -0.1) is 0 Å². The molecule has 0 atom stereocenters. The first-order valence-electron chi connectivity index (χ1n) is 7.78. The highest BCUT2D eigenvalue weighted by Crippen LogP contribution is 2.36. The van der Waals surface area contributed by atoms with Crippen molar-refractivity contribution in [3.63, 3.8) is 0 Å². The summed E-state index contributed by atoms with van der Waals surface area (Å²) in [5, 5.41) is 0. The Morgan fingerprint density at radius 3 is 2.43 bits per heavy atom. The van der Waals surface area contributed by atoms with Gasteiger partial charge in [-0.1, -0.05) is 6.07 Å². The van der Waals surface area contributed by atoms with Crippen LogP contribution in [0.1, 0.15) is 56.1 Å². The minimum atomic E-state index is -0.556. The maximum Gasteiger partial charge on any atom is 0.411 e. The van der Waals surface area contributed by atoms with E-state index < -0.39 is 11.1 Å². The number of amides is 1. The first kappa shape index (κ1) is 17.3.